The lowest BCUT2D eigenvalue weighted by atomic mass is 10.2. The summed E-state index contributed by atoms with van der Waals surface area (Å²) in [4.78, 5) is 21.2. The number of nitrogens with one attached hydrogen (secondary N) is 2. The molecule has 82 valence electrons. The fourth-order valence-electron chi connectivity index (χ4n) is 0.713. The molecule has 0 rings (SSSR count). The van der Waals surface area contributed by atoms with Gasteiger partial charge in [0.1, 0.15) is 6.04 Å². The third kappa shape index (κ3) is 6.21. The number of carboxylic acids is 1. The summed E-state index contributed by atoms with van der Waals surface area (Å²) in [5.74, 6) is -1.07. The maximum atomic E-state index is 10.9. The molecule has 0 saturated carbocycles. The Hall–Kier alpha value is -1.34. The van der Waals surface area contributed by atoms with E-state index in [-0.39, 0.29) is 19.0 Å². The Labute approximate surface area is 81.8 Å². The second-order valence-electron chi connectivity index (χ2n) is 2.70. The normalized spacial score (nSPS) is 11.9. The molecule has 0 aliphatic carbocycles. The maximum absolute atomic E-state index is 10.9. The van der Waals surface area contributed by atoms with Gasteiger partial charge in [-0.25, -0.2) is 4.79 Å². The van der Waals surface area contributed by atoms with Crippen molar-refractivity contribution in [2.45, 2.75) is 12.5 Å². The molecule has 7 heteroatoms. The number of carbonyl (C=O) groups excluding carboxylic acids is 1. The predicted molar refractivity (Wildman–Crippen MR) is 50.7 cm³/mol. The lowest BCUT2D eigenvalue weighted by Gasteiger charge is -2.08. The standard InChI is InChI=1S/C7H16N4O3/c8-2-4-11-7(14)10-3-1-5(9)6(12)13/h5H,1-4,8-9H2,(H,12,13)(H2,10,11,14). The molecule has 0 aromatic heterocycles. The molecule has 0 aliphatic rings. The van der Waals surface area contributed by atoms with Gasteiger partial charge in [0, 0.05) is 19.6 Å². The molecule has 0 aromatic carbocycles. The van der Waals surface area contributed by atoms with Gasteiger partial charge in [0.05, 0.1) is 0 Å². The molecule has 0 bridgehead atoms. The van der Waals surface area contributed by atoms with Gasteiger partial charge in [-0.15, -0.1) is 0 Å². The first-order valence-electron chi connectivity index (χ1n) is 4.28. The Morgan fingerprint density at radius 1 is 1.29 bits per heavy atom. The molecular weight excluding hydrogens is 188 g/mol. The number of aliphatic carboxylic acids is 1. The van der Waals surface area contributed by atoms with Gasteiger partial charge in [0.25, 0.3) is 0 Å². The van der Waals surface area contributed by atoms with Crippen LogP contribution in [-0.4, -0.2) is 42.8 Å². The topological polar surface area (TPSA) is 130 Å². The average molecular weight is 204 g/mol. The van der Waals surface area contributed by atoms with Crippen LogP contribution < -0.4 is 22.1 Å². The van der Waals surface area contributed by atoms with Crippen molar-refractivity contribution in [3.8, 4) is 0 Å². The molecule has 0 aromatic rings. The highest BCUT2D eigenvalue weighted by Gasteiger charge is 2.10. The summed E-state index contributed by atoms with van der Waals surface area (Å²) in [7, 11) is 0. The number of carbonyl (C=O) groups is 2. The summed E-state index contributed by atoms with van der Waals surface area (Å²) in [6.07, 6.45) is 0.200. The van der Waals surface area contributed by atoms with Crippen LogP contribution in [0.25, 0.3) is 0 Å². The molecule has 1 unspecified atom stereocenters. The van der Waals surface area contributed by atoms with Crippen molar-refractivity contribution in [2.75, 3.05) is 19.6 Å². The Bertz CT molecular complexity index is 197. The second kappa shape index (κ2) is 7.10. The third-order valence-electron chi connectivity index (χ3n) is 1.49. The Morgan fingerprint density at radius 2 is 1.86 bits per heavy atom. The van der Waals surface area contributed by atoms with Crippen LogP contribution in [0.2, 0.25) is 0 Å². The van der Waals surface area contributed by atoms with Crippen LogP contribution in [0.1, 0.15) is 6.42 Å². The molecule has 2 amide bonds. The van der Waals surface area contributed by atoms with E-state index in [4.69, 9.17) is 16.6 Å². The highest BCUT2D eigenvalue weighted by Crippen LogP contribution is 1.85. The minimum Gasteiger partial charge on any atom is -0.480 e. The zero-order valence-corrected chi connectivity index (χ0v) is 7.82. The maximum Gasteiger partial charge on any atom is 0.320 e. The van der Waals surface area contributed by atoms with Gasteiger partial charge in [-0.1, -0.05) is 0 Å². The molecule has 0 saturated heterocycles. The van der Waals surface area contributed by atoms with Crippen LogP contribution in [0, 0.1) is 0 Å². The Morgan fingerprint density at radius 3 is 2.36 bits per heavy atom. The molecule has 7 nitrogen and oxygen atoms in total. The predicted octanol–water partition coefficient (Wildman–Crippen LogP) is -1.95. The van der Waals surface area contributed by atoms with Gasteiger partial charge in [-0.05, 0) is 6.42 Å². The summed E-state index contributed by atoms with van der Waals surface area (Å²) in [5, 5.41) is 13.3. The van der Waals surface area contributed by atoms with Crippen LogP contribution >= 0.6 is 0 Å². The number of amides is 2. The summed E-state index contributed by atoms with van der Waals surface area (Å²) in [6, 6.07) is -1.31. The van der Waals surface area contributed by atoms with E-state index in [1.54, 1.807) is 0 Å². The van der Waals surface area contributed by atoms with Crippen molar-refractivity contribution < 1.29 is 14.7 Å². The molecule has 0 radical (unpaired) electrons. The number of hydrogen-bond acceptors (Lipinski definition) is 4. The van der Waals surface area contributed by atoms with E-state index in [0.29, 0.717) is 13.1 Å². The fourth-order valence-corrected chi connectivity index (χ4v) is 0.713. The van der Waals surface area contributed by atoms with E-state index in [1.807, 2.05) is 0 Å². The van der Waals surface area contributed by atoms with Gasteiger partial charge in [0.2, 0.25) is 0 Å². The van der Waals surface area contributed by atoms with Gasteiger partial charge in [-0.2, -0.15) is 0 Å². The highest BCUT2D eigenvalue weighted by atomic mass is 16.4. The highest BCUT2D eigenvalue weighted by molar-refractivity contribution is 5.74. The van der Waals surface area contributed by atoms with Gasteiger partial charge in [0.15, 0.2) is 0 Å². The van der Waals surface area contributed by atoms with Crippen molar-refractivity contribution in [3.05, 3.63) is 0 Å². The van der Waals surface area contributed by atoms with E-state index < -0.39 is 12.0 Å². The minimum atomic E-state index is -1.07. The molecule has 7 N–H and O–H groups in total. The SMILES string of the molecule is NCCNC(=O)NCCC(N)C(=O)O. The van der Waals surface area contributed by atoms with Crippen molar-refractivity contribution >= 4 is 12.0 Å². The second-order valence-corrected chi connectivity index (χ2v) is 2.70. The lowest BCUT2D eigenvalue weighted by Crippen LogP contribution is -2.41. The van der Waals surface area contributed by atoms with Gasteiger partial charge in [-0.3, -0.25) is 4.79 Å². The quantitative estimate of drug-likeness (QED) is 0.343. The number of rotatable bonds is 6. The summed E-state index contributed by atoms with van der Waals surface area (Å²) in [6.45, 7) is 0.975. The average Bonchev–Trinajstić information content (AvgIpc) is 2.14. The van der Waals surface area contributed by atoms with E-state index >= 15 is 0 Å². The van der Waals surface area contributed by atoms with E-state index in [0.717, 1.165) is 0 Å². The number of nitrogens with two attached hydrogens (primary N) is 2. The Kier molecular flexibility index (Phi) is 6.42. The summed E-state index contributed by atoms with van der Waals surface area (Å²) in [5.41, 5.74) is 10.4. The van der Waals surface area contributed by atoms with Crippen LogP contribution in [0.15, 0.2) is 0 Å². The van der Waals surface area contributed by atoms with Crippen molar-refractivity contribution in [1.82, 2.24) is 10.6 Å². The lowest BCUT2D eigenvalue weighted by molar-refractivity contribution is -0.138. The molecule has 1 atom stereocenters. The van der Waals surface area contributed by atoms with Crippen molar-refractivity contribution in [3.63, 3.8) is 0 Å². The third-order valence-corrected chi connectivity index (χ3v) is 1.49. The molecule has 0 heterocycles. The fraction of sp³-hybridized carbons (Fsp3) is 0.714. The van der Waals surface area contributed by atoms with Crippen molar-refractivity contribution in [2.24, 2.45) is 11.5 Å². The van der Waals surface area contributed by atoms with Crippen LogP contribution in [0.4, 0.5) is 4.79 Å². The molecule has 14 heavy (non-hydrogen) atoms. The number of carboxylic acid groups (broad SMARTS) is 1. The zero-order valence-electron chi connectivity index (χ0n) is 7.82. The van der Waals surface area contributed by atoms with Crippen LogP contribution in [0.3, 0.4) is 0 Å². The minimum absolute atomic E-state index is 0.200. The van der Waals surface area contributed by atoms with E-state index in [9.17, 15) is 9.59 Å². The first-order chi connectivity index (χ1) is 6.57. The summed E-state index contributed by atoms with van der Waals surface area (Å²) >= 11 is 0. The van der Waals surface area contributed by atoms with E-state index in [1.165, 1.54) is 0 Å². The summed E-state index contributed by atoms with van der Waals surface area (Å²) < 4.78 is 0. The van der Waals surface area contributed by atoms with Gasteiger partial charge >= 0.3 is 12.0 Å². The van der Waals surface area contributed by atoms with Crippen molar-refractivity contribution in [1.29, 1.82) is 0 Å². The van der Waals surface area contributed by atoms with E-state index in [2.05, 4.69) is 10.6 Å². The Balaban J connectivity index is 3.44. The number of hydrogen-bond donors (Lipinski definition) is 5. The molecule has 0 spiro atoms. The first-order valence-corrected chi connectivity index (χ1v) is 4.28. The zero-order chi connectivity index (χ0) is 11.0. The van der Waals surface area contributed by atoms with Gasteiger partial charge < -0.3 is 27.2 Å². The monoisotopic (exact) mass is 204 g/mol. The molecule has 0 aliphatic heterocycles. The number of urea groups is 1. The largest absolute Gasteiger partial charge is 0.480 e. The van der Waals surface area contributed by atoms with Crippen LogP contribution in [-0.2, 0) is 4.79 Å². The molecule has 0 fully saturated rings. The van der Waals surface area contributed by atoms with Crippen LogP contribution in [0.5, 0.6) is 0 Å². The first kappa shape index (κ1) is 12.7. The molecular formula is C7H16N4O3. The smallest absolute Gasteiger partial charge is 0.320 e.